The number of aliphatic carboxylic acids is 1. The number of carbonyl (C=O) groups is 2. The molecule has 0 aliphatic rings. The van der Waals surface area contributed by atoms with Gasteiger partial charge in [0.1, 0.15) is 6.04 Å². The second kappa shape index (κ2) is 5.83. The van der Waals surface area contributed by atoms with Crippen molar-refractivity contribution in [3.8, 4) is 5.88 Å². The summed E-state index contributed by atoms with van der Waals surface area (Å²) in [5.41, 5.74) is 0.547. The first-order chi connectivity index (χ1) is 8.02. The van der Waals surface area contributed by atoms with Gasteiger partial charge in [-0.15, -0.1) is 0 Å². The first kappa shape index (κ1) is 13.0. The molecule has 0 radical (unpaired) electrons. The topological polar surface area (TPSA) is 88.5 Å². The second-order valence-electron chi connectivity index (χ2n) is 3.47. The summed E-state index contributed by atoms with van der Waals surface area (Å²) < 4.78 is 4.93. The number of nitrogens with zero attached hydrogens (tertiary/aromatic N) is 1. The summed E-state index contributed by atoms with van der Waals surface area (Å²) in [4.78, 5) is 25.9. The van der Waals surface area contributed by atoms with Gasteiger partial charge in [0.05, 0.1) is 7.11 Å². The number of hydrogen-bond donors (Lipinski definition) is 2. The highest BCUT2D eigenvalue weighted by atomic mass is 16.5. The maximum atomic E-state index is 10.9. The minimum Gasteiger partial charge on any atom is -0.481 e. The molecule has 2 N–H and O–H groups in total. The Hall–Kier alpha value is -2.11. The summed E-state index contributed by atoms with van der Waals surface area (Å²) in [6.45, 7) is 1.27. The molecule has 0 fully saturated rings. The fraction of sp³-hybridized carbons (Fsp3) is 0.364. The average Bonchev–Trinajstić information content (AvgIpc) is 2.27. The van der Waals surface area contributed by atoms with E-state index in [2.05, 4.69) is 10.3 Å². The number of nitrogens with one attached hydrogen (secondary N) is 1. The lowest BCUT2D eigenvalue weighted by Gasteiger charge is -2.12. The molecule has 0 spiro atoms. The monoisotopic (exact) mass is 238 g/mol. The minimum atomic E-state index is -1.09. The van der Waals surface area contributed by atoms with E-state index in [1.165, 1.54) is 14.0 Å². The number of ether oxygens (including phenoxy) is 1. The Labute approximate surface area is 98.6 Å². The Morgan fingerprint density at radius 3 is 2.76 bits per heavy atom. The number of hydrogen-bond acceptors (Lipinski definition) is 4. The smallest absolute Gasteiger partial charge is 0.326 e. The summed E-state index contributed by atoms with van der Waals surface area (Å²) in [5.74, 6) is -1.07. The Kier molecular flexibility index (Phi) is 4.45. The number of aromatic nitrogens is 1. The minimum absolute atomic E-state index is 0.117. The summed E-state index contributed by atoms with van der Waals surface area (Å²) in [6, 6.07) is 4.08. The molecule has 6 nitrogen and oxygen atoms in total. The molecule has 0 bridgehead atoms. The lowest BCUT2D eigenvalue weighted by Crippen LogP contribution is -2.41. The van der Waals surface area contributed by atoms with Gasteiger partial charge in [0.15, 0.2) is 0 Å². The van der Waals surface area contributed by atoms with Gasteiger partial charge in [-0.1, -0.05) is 6.07 Å². The average molecular weight is 238 g/mol. The number of carboxylic acids is 1. The molecule has 92 valence electrons. The Morgan fingerprint density at radius 2 is 2.24 bits per heavy atom. The van der Waals surface area contributed by atoms with E-state index < -0.39 is 12.0 Å². The van der Waals surface area contributed by atoms with Crippen LogP contribution in [0.3, 0.4) is 0 Å². The van der Waals surface area contributed by atoms with E-state index in [0.717, 1.165) is 0 Å². The van der Waals surface area contributed by atoms with Crippen LogP contribution in [0.1, 0.15) is 12.6 Å². The molecule has 0 aliphatic carbocycles. The number of amides is 1. The number of carboxylic acid groups (broad SMARTS) is 1. The molecule has 17 heavy (non-hydrogen) atoms. The van der Waals surface area contributed by atoms with Crippen molar-refractivity contribution in [3.63, 3.8) is 0 Å². The molecular formula is C11H14N2O4. The normalized spacial score (nSPS) is 11.6. The first-order valence-electron chi connectivity index (χ1n) is 5.02. The maximum absolute atomic E-state index is 10.9. The zero-order valence-electron chi connectivity index (χ0n) is 9.64. The number of pyridine rings is 1. The Bertz CT molecular complexity index is 420. The van der Waals surface area contributed by atoms with Crippen LogP contribution in [0.5, 0.6) is 5.88 Å². The zero-order chi connectivity index (χ0) is 12.8. The summed E-state index contributed by atoms with van der Waals surface area (Å²) >= 11 is 0. The van der Waals surface area contributed by atoms with Crippen LogP contribution in [-0.4, -0.2) is 35.1 Å². The molecule has 1 unspecified atom stereocenters. The second-order valence-corrected chi connectivity index (χ2v) is 3.47. The van der Waals surface area contributed by atoms with Gasteiger partial charge in [-0.3, -0.25) is 4.79 Å². The third-order valence-electron chi connectivity index (χ3n) is 2.08. The van der Waals surface area contributed by atoms with E-state index in [-0.39, 0.29) is 12.3 Å². The quantitative estimate of drug-likeness (QED) is 0.766. The highest BCUT2D eigenvalue weighted by Crippen LogP contribution is 2.08. The first-order valence-corrected chi connectivity index (χ1v) is 5.02. The van der Waals surface area contributed by atoms with E-state index in [9.17, 15) is 9.59 Å². The fourth-order valence-corrected chi connectivity index (χ4v) is 1.34. The van der Waals surface area contributed by atoms with Crippen LogP contribution in [-0.2, 0) is 16.0 Å². The van der Waals surface area contributed by atoms with Crippen molar-refractivity contribution in [1.29, 1.82) is 0 Å². The molecule has 1 heterocycles. The van der Waals surface area contributed by atoms with Crippen molar-refractivity contribution in [2.75, 3.05) is 7.11 Å². The van der Waals surface area contributed by atoms with Crippen LogP contribution in [0.15, 0.2) is 18.2 Å². The standard InChI is InChI=1S/C11H14N2O4/c1-7(14)12-9(11(15)16)6-8-4-3-5-10(13-8)17-2/h3-5,9H,6H2,1-2H3,(H,12,14)(H,15,16). The summed E-state index contributed by atoms with van der Waals surface area (Å²) in [5, 5.41) is 11.3. The number of rotatable bonds is 5. The zero-order valence-corrected chi connectivity index (χ0v) is 9.64. The summed E-state index contributed by atoms with van der Waals surface area (Å²) in [6.07, 6.45) is 0.117. The van der Waals surface area contributed by atoms with Gasteiger partial charge in [-0.25, -0.2) is 9.78 Å². The van der Waals surface area contributed by atoms with Crippen LogP contribution in [0.25, 0.3) is 0 Å². The fourth-order valence-electron chi connectivity index (χ4n) is 1.34. The van der Waals surface area contributed by atoms with Crippen LogP contribution in [0, 0.1) is 0 Å². The van der Waals surface area contributed by atoms with E-state index in [1.807, 2.05) is 0 Å². The van der Waals surface area contributed by atoms with Gasteiger partial charge in [0.2, 0.25) is 11.8 Å². The van der Waals surface area contributed by atoms with E-state index in [4.69, 9.17) is 9.84 Å². The number of carbonyl (C=O) groups excluding carboxylic acids is 1. The van der Waals surface area contributed by atoms with E-state index in [0.29, 0.717) is 11.6 Å². The SMILES string of the molecule is COc1cccc(CC(NC(C)=O)C(=O)O)n1. The van der Waals surface area contributed by atoms with Crippen molar-refractivity contribution >= 4 is 11.9 Å². The molecule has 0 saturated carbocycles. The molecule has 0 saturated heterocycles. The molecule has 1 atom stereocenters. The van der Waals surface area contributed by atoms with Crippen LogP contribution < -0.4 is 10.1 Å². The van der Waals surface area contributed by atoms with Crippen molar-refractivity contribution in [1.82, 2.24) is 10.3 Å². The molecule has 1 amide bonds. The Morgan fingerprint density at radius 1 is 1.53 bits per heavy atom. The van der Waals surface area contributed by atoms with Crippen molar-refractivity contribution in [3.05, 3.63) is 23.9 Å². The van der Waals surface area contributed by atoms with Crippen molar-refractivity contribution in [2.45, 2.75) is 19.4 Å². The predicted octanol–water partition coefficient (Wildman–Crippen LogP) is 0.222. The third-order valence-corrected chi connectivity index (χ3v) is 2.08. The van der Waals surface area contributed by atoms with Gasteiger partial charge < -0.3 is 15.2 Å². The molecule has 1 aromatic rings. The van der Waals surface area contributed by atoms with Crippen LogP contribution in [0.2, 0.25) is 0 Å². The van der Waals surface area contributed by atoms with Gasteiger partial charge in [0.25, 0.3) is 0 Å². The molecule has 1 aromatic heterocycles. The Balaban J connectivity index is 2.78. The highest BCUT2D eigenvalue weighted by Gasteiger charge is 2.19. The van der Waals surface area contributed by atoms with Crippen LogP contribution in [0.4, 0.5) is 0 Å². The van der Waals surface area contributed by atoms with Gasteiger partial charge in [0, 0.05) is 25.1 Å². The largest absolute Gasteiger partial charge is 0.481 e. The molecular weight excluding hydrogens is 224 g/mol. The predicted molar refractivity (Wildman–Crippen MR) is 59.7 cm³/mol. The third kappa shape index (κ3) is 4.10. The van der Waals surface area contributed by atoms with Crippen molar-refractivity contribution < 1.29 is 19.4 Å². The molecule has 6 heteroatoms. The van der Waals surface area contributed by atoms with E-state index in [1.54, 1.807) is 18.2 Å². The van der Waals surface area contributed by atoms with Gasteiger partial charge in [-0.2, -0.15) is 0 Å². The van der Waals surface area contributed by atoms with E-state index >= 15 is 0 Å². The number of methoxy groups -OCH3 is 1. The lowest BCUT2D eigenvalue weighted by molar-refractivity contribution is -0.141. The molecule has 0 aliphatic heterocycles. The van der Waals surface area contributed by atoms with Crippen molar-refractivity contribution in [2.24, 2.45) is 0 Å². The highest BCUT2D eigenvalue weighted by molar-refractivity contribution is 5.82. The molecule has 1 rings (SSSR count). The maximum Gasteiger partial charge on any atom is 0.326 e. The van der Waals surface area contributed by atoms with Crippen LogP contribution >= 0.6 is 0 Å². The van der Waals surface area contributed by atoms with Gasteiger partial charge in [-0.05, 0) is 6.07 Å². The lowest BCUT2D eigenvalue weighted by atomic mass is 10.1. The van der Waals surface area contributed by atoms with Gasteiger partial charge >= 0.3 is 5.97 Å². The molecule has 0 aromatic carbocycles. The summed E-state index contributed by atoms with van der Waals surface area (Å²) in [7, 11) is 1.48.